The smallest absolute Gasteiger partial charge is 0.224 e. The number of nitrogens with one attached hydrogen (secondary N) is 2. The van der Waals surface area contributed by atoms with Crippen LogP contribution in [0.3, 0.4) is 0 Å². The lowest BCUT2D eigenvalue weighted by atomic mass is 9.94. The molecule has 2 N–H and O–H groups in total. The molecule has 0 saturated heterocycles. The first kappa shape index (κ1) is 14.3. The zero-order valence-electron chi connectivity index (χ0n) is 12.4. The van der Waals surface area contributed by atoms with E-state index < -0.39 is 0 Å². The molecule has 3 rings (SSSR count). The summed E-state index contributed by atoms with van der Waals surface area (Å²) < 4.78 is 0. The van der Waals surface area contributed by atoms with E-state index in [2.05, 4.69) is 22.8 Å². The second-order valence-corrected chi connectivity index (χ2v) is 6.26. The lowest BCUT2D eigenvalue weighted by Gasteiger charge is -2.18. The number of allylic oxidation sites excluding steroid dienone is 2. The molecule has 2 aliphatic rings. The molecule has 1 amide bonds. The Kier molecular flexibility index (Phi) is 4.71. The van der Waals surface area contributed by atoms with Crippen molar-refractivity contribution in [2.24, 2.45) is 17.8 Å². The molecule has 1 saturated carbocycles. The summed E-state index contributed by atoms with van der Waals surface area (Å²) in [7, 11) is 0. The van der Waals surface area contributed by atoms with Crippen LogP contribution in [0.15, 0.2) is 42.5 Å². The average Bonchev–Trinajstić information content (AvgIpc) is 3.10. The molecule has 21 heavy (non-hydrogen) atoms. The molecule has 1 fully saturated rings. The lowest BCUT2D eigenvalue weighted by Crippen LogP contribution is -2.35. The number of rotatable bonds is 7. The van der Waals surface area contributed by atoms with Crippen LogP contribution < -0.4 is 10.6 Å². The van der Waals surface area contributed by atoms with Gasteiger partial charge in [-0.2, -0.15) is 0 Å². The Morgan fingerprint density at radius 2 is 1.95 bits per heavy atom. The summed E-state index contributed by atoms with van der Waals surface area (Å²) in [5, 5.41) is 6.46. The average molecular weight is 284 g/mol. The summed E-state index contributed by atoms with van der Waals surface area (Å²) in [6.07, 6.45) is 7.94. The third-order valence-electron chi connectivity index (χ3n) is 4.65. The van der Waals surface area contributed by atoms with E-state index in [0.29, 0.717) is 13.0 Å². The normalized spacial score (nSPS) is 26.2. The van der Waals surface area contributed by atoms with Gasteiger partial charge in [0.15, 0.2) is 0 Å². The summed E-state index contributed by atoms with van der Waals surface area (Å²) in [6, 6.07) is 9.87. The lowest BCUT2D eigenvalue weighted by molar-refractivity contribution is -0.120. The Hall–Kier alpha value is -1.61. The topological polar surface area (TPSA) is 41.1 Å². The van der Waals surface area contributed by atoms with Crippen molar-refractivity contribution < 1.29 is 4.79 Å². The number of carbonyl (C=O) groups is 1. The van der Waals surface area contributed by atoms with E-state index in [-0.39, 0.29) is 5.91 Å². The van der Waals surface area contributed by atoms with E-state index in [1.165, 1.54) is 12.8 Å². The molecule has 2 aliphatic carbocycles. The Labute approximate surface area is 126 Å². The molecule has 2 bridgehead atoms. The third kappa shape index (κ3) is 3.94. The van der Waals surface area contributed by atoms with Crippen LogP contribution in [-0.4, -0.2) is 25.5 Å². The molecule has 0 radical (unpaired) electrons. The van der Waals surface area contributed by atoms with Gasteiger partial charge in [-0.15, -0.1) is 0 Å². The summed E-state index contributed by atoms with van der Waals surface area (Å²) >= 11 is 0. The van der Waals surface area contributed by atoms with E-state index in [4.69, 9.17) is 0 Å². The first-order valence-corrected chi connectivity index (χ1v) is 8.01. The van der Waals surface area contributed by atoms with Gasteiger partial charge in [-0.3, -0.25) is 4.79 Å². The van der Waals surface area contributed by atoms with Gasteiger partial charge in [0, 0.05) is 13.1 Å². The van der Waals surface area contributed by atoms with Gasteiger partial charge in [0.2, 0.25) is 5.91 Å². The minimum Gasteiger partial charge on any atom is -0.355 e. The quantitative estimate of drug-likeness (QED) is 0.595. The first-order chi connectivity index (χ1) is 10.3. The van der Waals surface area contributed by atoms with Crippen LogP contribution in [0.2, 0.25) is 0 Å². The van der Waals surface area contributed by atoms with Crippen molar-refractivity contribution in [2.45, 2.75) is 19.3 Å². The van der Waals surface area contributed by atoms with Gasteiger partial charge in [-0.25, -0.2) is 0 Å². The molecule has 3 atom stereocenters. The van der Waals surface area contributed by atoms with E-state index in [1.54, 1.807) is 0 Å². The molecule has 3 unspecified atom stereocenters. The highest BCUT2D eigenvalue weighted by Gasteiger charge is 2.34. The number of hydrogen-bond acceptors (Lipinski definition) is 2. The highest BCUT2D eigenvalue weighted by Crippen LogP contribution is 2.42. The number of carbonyl (C=O) groups excluding carboxylic acids is 1. The highest BCUT2D eigenvalue weighted by atomic mass is 16.1. The van der Waals surface area contributed by atoms with Crippen molar-refractivity contribution in [3.05, 3.63) is 48.0 Å². The summed E-state index contributed by atoms with van der Waals surface area (Å²) in [5.74, 6) is 2.55. The maximum absolute atomic E-state index is 11.8. The maximum Gasteiger partial charge on any atom is 0.224 e. The largest absolute Gasteiger partial charge is 0.355 e. The van der Waals surface area contributed by atoms with Gasteiger partial charge in [0.25, 0.3) is 0 Å². The maximum atomic E-state index is 11.8. The van der Waals surface area contributed by atoms with Crippen LogP contribution in [-0.2, 0) is 11.2 Å². The van der Waals surface area contributed by atoms with Crippen LogP contribution in [0, 0.1) is 17.8 Å². The Morgan fingerprint density at radius 3 is 2.67 bits per heavy atom. The van der Waals surface area contributed by atoms with Crippen LogP contribution in [0.1, 0.15) is 18.4 Å². The van der Waals surface area contributed by atoms with Gasteiger partial charge in [0.1, 0.15) is 0 Å². The SMILES string of the molecule is O=C(Cc1ccccc1)NCCNCC1CC2C=CC1C2. The predicted octanol–water partition coefficient (Wildman–Crippen LogP) is 2.15. The Bertz CT molecular complexity index is 497. The van der Waals surface area contributed by atoms with E-state index >= 15 is 0 Å². The highest BCUT2D eigenvalue weighted by molar-refractivity contribution is 5.78. The Morgan fingerprint density at radius 1 is 1.10 bits per heavy atom. The van der Waals surface area contributed by atoms with E-state index in [0.717, 1.165) is 36.4 Å². The van der Waals surface area contributed by atoms with Crippen LogP contribution in [0.4, 0.5) is 0 Å². The van der Waals surface area contributed by atoms with Crippen molar-refractivity contribution in [1.29, 1.82) is 0 Å². The number of hydrogen-bond donors (Lipinski definition) is 2. The number of fused-ring (bicyclic) bond motifs is 2. The fourth-order valence-electron chi connectivity index (χ4n) is 3.55. The van der Waals surface area contributed by atoms with Crippen LogP contribution >= 0.6 is 0 Å². The standard InChI is InChI=1S/C18H24N2O/c21-18(12-14-4-2-1-3-5-14)20-9-8-19-13-17-11-15-6-7-16(17)10-15/h1-7,15-17,19H,8-13H2,(H,20,21). The minimum absolute atomic E-state index is 0.103. The van der Waals surface area contributed by atoms with E-state index in [9.17, 15) is 4.79 Å². The zero-order valence-corrected chi connectivity index (χ0v) is 12.4. The molecular weight excluding hydrogens is 260 g/mol. The second kappa shape index (κ2) is 6.90. The zero-order chi connectivity index (χ0) is 14.5. The van der Waals surface area contributed by atoms with Crippen LogP contribution in [0.5, 0.6) is 0 Å². The molecule has 3 heteroatoms. The molecule has 0 aliphatic heterocycles. The summed E-state index contributed by atoms with van der Waals surface area (Å²) in [6.45, 7) is 2.65. The fraction of sp³-hybridized carbons (Fsp3) is 0.500. The molecular formula is C18H24N2O. The van der Waals surface area contributed by atoms with Crippen molar-refractivity contribution in [3.8, 4) is 0 Å². The molecule has 1 aromatic rings. The Balaban J connectivity index is 1.27. The fourth-order valence-corrected chi connectivity index (χ4v) is 3.55. The van der Waals surface area contributed by atoms with Gasteiger partial charge in [-0.05, 0) is 42.7 Å². The first-order valence-electron chi connectivity index (χ1n) is 8.01. The third-order valence-corrected chi connectivity index (χ3v) is 4.65. The van der Waals surface area contributed by atoms with Crippen molar-refractivity contribution in [2.75, 3.05) is 19.6 Å². The van der Waals surface area contributed by atoms with Crippen molar-refractivity contribution in [3.63, 3.8) is 0 Å². The number of benzene rings is 1. The molecule has 0 aromatic heterocycles. The summed E-state index contributed by atoms with van der Waals surface area (Å²) in [4.78, 5) is 11.8. The molecule has 3 nitrogen and oxygen atoms in total. The molecule has 0 heterocycles. The van der Waals surface area contributed by atoms with Crippen LogP contribution in [0.25, 0.3) is 0 Å². The van der Waals surface area contributed by atoms with Crippen molar-refractivity contribution in [1.82, 2.24) is 10.6 Å². The minimum atomic E-state index is 0.103. The molecule has 112 valence electrons. The monoisotopic (exact) mass is 284 g/mol. The van der Waals surface area contributed by atoms with E-state index in [1.807, 2.05) is 30.3 Å². The number of amides is 1. The second-order valence-electron chi connectivity index (χ2n) is 6.26. The van der Waals surface area contributed by atoms with Gasteiger partial charge < -0.3 is 10.6 Å². The molecule has 1 aromatic carbocycles. The predicted molar refractivity (Wildman–Crippen MR) is 84.9 cm³/mol. The van der Waals surface area contributed by atoms with Gasteiger partial charge >= 0.3 is 0 Å². The van der Waals surface area contributed by atoms with Crippen molar-refractivity contribution >= 4 is 5.91 Å². The van der Waals surface area contributed by atoms with Gasteiger partial charge in [0.05, 0.1) is 6.42 Å². The van der Waals surface area contributed by atoms with Gasteiger partial charge in [-0.1, -0.05) is 42.5 Å². The molecule has 0 spiro atoms. The summed E-state index contributed by atoms with van der Waals surface area (Å²) in [5.41, 5.74) is 1.07.